The normalized spacial score (nSPS) is 14.3. The largest absolute Gasteiger partial charge is 0.480 e. The molecule has 0 aliphatic carbocycles. The average molecular weight is 864 g/mol. The monoisotopic (exact) mass is 864 g/mol. The molecule has 0 saturated heterocycles. The summed E-state index contributed by atoms with van der Waals surface area (Å²) in [6, 6.07) is -1.54. The van der Waals surface area contributed by atoms with Gasteiger partial charge in [0, 0.05) is 12.5 Å². The fourth-order valence-corrected chi connectivity index (χ4v) is 6.69. The van der Waals surface area contributed by atoms with Crippen LogP contribution in [0.1, 0.15) is 181 Å². The predicted molar refractivity (Wildman–Crippen MR) is 244 cm³/mol. The lowest BCUT2D eigenvalue weighted by Gasteiger charge is -2.20. The summed E-state index contributed by atoms with van der Waals surface area (Å²) in [6.07, 6.45) is 51.8. The number of hydrogen-bond donors (Lipinski definition) is 3. The summed E-state index contributed by atoms with van der Waals surface area (Å²) >= 11 is 0. The minimum Gasteiger partial charge on any atom is -0.480 e. The van der Waals surface area contributed by atoms with Crippen LogP contribution in [0, 0.1) is 0 Å². The molecule has 11 nitrogen and oxygen atoms in total. The second-order valence-electron chi connectivity index (χ2n) is 15.3. The van der Waals surface area contributed by atoms with Gasteiger partial charge in [-0.05, 0) is 57.8 Å². The smallest absolute Gasteiger partial charge is 0.472 e. The molecule has 12 heteroatoms. The van der Waals surface area contributed by atoms with Crippen molar-refractivity contribution in [3.05, 3.63) is 72.9 Å². The van der Waals surface area contributed by atoms with Gasteiger partial charge in [0.2, 0.25) is 0 Å². The Morgan fingerprint density at radius 2 is 1.00 bits per heavy atom. The summed E-state index contributed by atoms with van der Waals surface area (Å²) in [7, 11) is -4.76. The van der Waals surface area contributed by atoms with Gasteiger partial charge in [0.15, 0.2) is 6.10 Å². The highest BCUT2D eigenvalue weighted by molar-refractivity contribution is 7.47. The fraction of sp³-hybridized carbons (Fsp3) is 0.688. The Morgan fingerprint density at radius 3 is 1.50 bits per heavy atom. The third kappa shape index (κ3) is 41.6. The molecule has 0 aromatic carbocycles. The van der Waals surface area contributed by atoms with E-state index in [0.717, 1.165) is 38.5 Å². The molecule has 0 radical (unpaired) electrons. The molecule has 4 N–H and O–H groups in total. The highest BCUT2D eigenvalue weighted by Crippen LogP contribution is 2.43. The first-order valence-corrected chi connectivity index (χ1v) is 24.5. The summed E-state index contributed by atoms with van der Waals surface area (Å²) < 4.78 is 32.5. The van der Waals surface area contributed by atoms with Crippen molar-refractivity contribution in [2.75, 3.05) is 19.8 Å². The first kappa shape index (κ1) is 56.9. The van der Waals surface area contributed by atoms with Gasteiger partial charge in [-0.1, -0.05) is 183 Å². The van der Waals surface area contributed by atoms with Gasteiger partial charge in [-0.25, -0.2) is 9.36 Å². The molecule has 0 saturated carbocycles. The maximum atomic E-state index is 12.6. The van der Waals surface area contributed by atoms with E-state index in [4.69, 9.17) is 24.8 Å². The summed E-state index contributed by atoms with van der Waals surface area (Å²) in [6.45, 7) is 2.62. The number of carbonyl (C=O) groups excluding carboxylic acids is 2. The van der Waals surface area contributed by atoms with Crippen molar-refractivity contribution >= 4 is 25.7 Å². The second kappa shape index (κ2) is 42.6. The number of esters is 2. The Kier molecular flexibility index (Phi) is 40.4. The molecule has 0 spiro atoms. The highest BCUT2D eigenvalue weighted by Gasteiger charge is 2.28. The maximum Gasteiger partial charge on any atom is 0.472 e. The van der Waals surface area contributed by atoms with E-state index < -0.39 is 57.7 Å². The number of carbonyl (C=O) groups is 3. The Morgan fingerprint density at radius 1 is 0.567 bits per heavy atom. The fourth-order valence-electron chi connectivity index (χ4n) is 5.91. The van der Waals surface area contributed by atoms with Crippen molar-refractivity contribution in [2.45, 2.75) is 193 Å². The van der Waals surface area contributed by atoms with Gasteiger partial charge in [0.05, 0.1) is 13.2 Å². The number of phosphoric ester groups is 1. The molecule has 0 rings (SSSR count). The molecule has 0 heterocycles. The zero-order chi connectivity index (χ0) is 44.2. The van der Waals surface area contributed by atoms with Gasteiger partial charge >= 0.3 is 25.7 Å². The van der Waals surface area contributed by atoms with Crippen LogP contribution in [0.2, 0.25) is 0 Å². The molecule has 0 amide bonds. The molecule has 0 aromatic heterocycles. The van der Waals surface area contributed by atoms with E-state index in [2.05, 4.69) is 54.8 Å². The Balaban J connectivity index is 4.53. The van der Waals surface area contributed by atoms with Crippen molar-refractivity contribution in [1.29, 1.82) is 0 Å². The Bertz CT molecular complexity index is 1290. The van der Waals surface area contributed by atoms with E-state index in [1.54, 1.807) is 12.2 Å². The number of aliphatic carboxylic acids is 1. The number of hydrogen-bond acceptors (Lipinski definition) is 9. The van der Waals surface area contributed by atoms with Gasteiger partial charge in [0.1, 0.15) is 12.6 Å². The first-order valence-electron chi connectivity index (χ1n) is 23.0. The van der Waals surface area contributed by atoms with Crippen molar-refractivity contribution in [3.8, 4) is 0 Å². The maximum absolute atomic E-state index is 12.6. The molecule has 1 unspecified atom stereocenters. The molecule has 0 aliphatic heterocycles. The summed E-state index contributed by atoms with van der Waals surface area (Å²) in [5, 5.41) is 8.89. The standard InChI is InChI=1S/C48H82NO10P/c1-3-5-7-9-11-13-15-17-19-20-21-22-23-24-26-28-30-32-34-36-38-40-47(51)59-44(42-57-60(54,55)58-43-45(49)48(52)53)41-56-46(50)39-37-35-33-31-29-27-25-18-16-14-12-10-8-6-4-2/h19-20,22-23,26,28,32-35,37,39,44-45H,3-18,21,24-25,27,29-31,36,38,40-43,49H2,1-2H3,(H,52,53)(H,54,55)/b20-19+,23-22+,28-26+,34-32+,35-33+,39-37+/t44-,45-/m0/s1. The molecule has 0 aliphatic rings. The lowest BCUT2D eigenvalue weighted by Crippen LogP contribution is -2.34. The van der Waals surface area contributed by atoms with Crippen LogP contribution in [-0.2, 0) is 37.5 Å². The second-order valence-corrected chi connectivity index (χ2v) is 16.7. The molecule has 0 aromatic rings. The number of rotatable bonds is 42. The third-order valence-electron chi connectivity index (χ3n) is 9.53. The van der Waals surface area contributed by atoms with Crippen LogP contribution in [0.3, 0.4) is 0 Å². The molecule has 60 heavy (non-hydrogen) atoms. The minimum atomic E-state index is -4.76. The number of allylic oxidation sites excluding steroid dienone is 11. The molecular weight excluding hydrogens is 781 g/mol. The van der Waals surface area contributed by atoms with Crippen molar-refractivity contribution in [1.82, 2.24) is 0 Å². The van der Waals surface area contributed by atoms with Crippen LogP contribution in [0.5, 0.6) is 0 Å². The Hall–Kier alpha value is -3.08. The van der Waals surface area contributed by atoms with Gasteiger partial charge in [0.25, 0.3) is 0 Å². The lowest BCUT2D eigenvalue weighted by molar-refractivity contribution is -0.159. The topological polar surface area (TPSA) is 172 Å². The molecular formula is C48H82NO10P. The van der Waals surface area contributed by atoms with Crippen LogP contribution < -0.4 is 5.73 Å². The third-order valence-corrected chi connectivity index (χ3v) is 10.5. The SMILES string of the molecule is CCCCCCCCC/C=C/C/C=C/C/C=C/C/C=C/CCCC(=O)O[C@@H](COC(=O)/C=C/C=C/CCCCCCCCCCCCC)COP(=O)(O)OC[C@H](N)C(=O)O. The predicted octanol–water partition coefficient (Wildman–Crippen LogP) is 12.5. The first-order chi connectivity index (χ1) is 29.1. The van der Waals surface area contributed by atoms with Crippen LogP contribution >= 0.6 is 7.82 Å². The highest BCUT2D eigenvalue weighted by atomic mass is 31.2. The summed E-state index contributed by atoms with van der Waals surface area (Å²) in [5.41, 5.74) is 5.33. The van der Waals surface area contributed by atoms with E-state index >= 15 is 0 Å². The minimum absolute atomic E-state index is 0.0630. The Labute approximate surface area is 363 Å². The number of carboxylic acids is 1. The van der Waals surface area contributed by atoms with Crippen molar-refractivity contribution in [2.24, 2.45) is 5.73 Å². The van der Waals surface area contributed by atoms with Gasteiger partial charge in [-0.2, -0.15) is 0 Å². The van der Waals surface area contributed by atoms with E-state index in [1.165, 1.54) is 115 Å². The number of ether oxygens (including phenoxy) is 2. The molecule has 344 valence electrons. The molecule has 0 bridgehead atoms. The van der Waals surface area contributed by atoms with Crippen molar-refractivity contribution in [3.63, 3.8) is 0 Å². The quantitative estimate of drug-likeness (QED) is 0.0133. The zero-order valence-corrected chi connectivity index (χ0v) is 38.2. The van der Waals surface area contributed by atoms with E-state index in [1.807, 2.05) is 18.2 Å². The summed E-state index contributed by atoms with van der Waals surface area (Å²) in [5.74, 6) is -2.72. The van der Waals surface area contributed by atoms with Crippen LogP contribution in [-0.4, -0.2) is 59.9 Å². The molecule has 0 fully saturated rings. The number of unbranched alkanes of at least 4 members (excludes halogenated alkanes) is 19. The van der Waals surface area contributed by atoms with Crippen LogP contribution in [0.15, 0.2) is 72.9 Å². The lowest BCUT2D eigenvalue weighted by atomic mass is 10.1. The average Bonchev–Trinajstić information content (AvgIpc) is 3.22. The van der Waals surface area contributed by atoms with Gasteiger partial charge in [-0.3, -0.25) is 18.6 Å². The van der Waals surface area contributed by atoms with Gasteiger partial charge < -0.3 is 25.2 Å². The van der Waals surface area contributed by atoms with E-state index in [0.29, 0.717) is 12.8 Å². The molecule has 3 atom stereocenters. The number of carboxylic acid groups (broad SMARTS) is 1. The summed E-state index contributed by atoms with van der Waals surface area (Å²) in [4.78, 5) is 45.8. The van der Waals surface area contributed by atoms with Crippen LogP contribution in [0.4, 0.5) is 0 Å². The van der Waals surface area contributed by atoms with Crippen molar-refractivity contribution < 1.29 is 47.5 Å². The van der Waals surface area contributed by atoms with Crippen LogP contribution in [0.25, 0.3) is 0 Å². The zero-order valence-electron chi connectivity index (χ0n) is 37.3. The number of phosphoric acid groups is 1. The van der Waals surface area contributed by atoms with E-state index in [9.17, 15) is 23.8 Å². The number of nitrogens with two attached hydrogens (primary N) is 1. The van der Waals surface area contributed by atoms with Gasteiger partial charge in [-0.15, -0.1) is 0 Å². The van der Waals surface area contributed by atoms with E-state index in [-0.39, 0.29) is 6.42 Å².